The van der Waals surface area contributed by atoms with Gasteiger partial charge >= 0.3 is 0 Å². The molecule has 0 amide bonds. The van der Waals surface area contributed by atoms with Gasteiger partial charge in [0.2, 0.25) is 0 Å². The second-order valence-electron chi connectivity index (χ2n) is 6.71. The first kappa shape index (κ1) is 16.9. The van der Waals surface area contributed by atoms with Crippen molar-refractivity contribution in [2.75, 3.05) is 0 Å². The van der Waals surface area contributed by atoms with Gasteiger partial charge in [-0.2, -0.15) is 0 Å². The molecule has 1 aliphatic carbocycles. The molecule has 1 aromatic heterocycles. The van der Waals surface area contributed by atoms with Gasteiger partial charge in [0.15, 0.2) is 0 Å². The van der Waals surface area contributed by atoms with Crippen molar-refractivity contribution in [3.8, 4) is 33.6 Å². The van der Waals surface area contributed by atoms with Crippen molar-refractivity contribution in [3.63, 3.8) is 0 Å². The van der Waals surface area contributed by atoms with E-state index >= 15 is 0 Å². The van der Waals surface area contributed by atoms with Crippen LogP contribution in [0.4, 0.5) is 0 Å². The Labute approximate surface area is 175 Å². The third kappa shape index (κ3) is 2.95. The van der Waals surface area contributed by atoms with Crippen LogP contribution in [-0.4, -0.2) is 4.98 Å². The van der Waals surface area contributed by atoms with Gasteiger partial charge in [0.25, 0.3) is 0 Å². The molecule has 1 aliphatic rings. The molecule has 5 rings (SSSR count). The molecule has 0 saturated heterocycles. The zero-order valence-electron chi connectivity index (χ0n) is 14.4. The van der Waals surface area contributed by atoms with Crippen molar-refractivity contribution in [2.45, 2.75) is 6.42 Å². The number of nitrogens with zero attached hydrogens (tertiary/aromatic N) is 1. The molecule has 0 fully saturated rings. The zero-order valence-corrected chi connectivity index (χ0v) is 17.6. The molecule has 0 aliphatic heterocycles. The number of benzene rings is 3. The van der Waals surface area contributed by atoms with Gasteiger partial charge in [-0.1, -0.05) is 86.5 Å². The lowest BCUT2D eigenvalue weighted by Crippen LogP contribution is -1.95. The van der Waals surface area contributed by atoms with E-state index in [0.29, 0.717) is 0 Å². The first-order chi connectivity index (χ1) is 13.2. The molecular formula is C24H15Br2N. The number of rotatable bonds is 2. The van der Waals surface area contributed by atoms with E-state index in [1.54, 1.807) is 0 Å². The summed E-state index contributed by atoms with van der Waals surface area (Å²) in [7, 11) is 0. The summed E-state index contributed by atoms with van der Waals surface area (Å²) in [6, 6.07) is 27.6. The minimum Gasteiger partial charge on any atom is -0.247 e. The minimum atomic E-state index is 0.919. The van der Waals surface area contributed by atoms with Crippen LogP contribution in [0.15, 0.2) is 87.8 Å². The van der Waals surface area contributed by atoms with Crippen molar-refractivity contribution in [2.24, 2.45) is 0 Å². The number of halogens is 2. The van der Waals surface area contributed by atoms with Crippen LogP contribution in [0, 0.1) is 0 Å². The molecule has 4 aromatic rings. The quantitative estimate of drug-likeness (QED) is 0.257. The highest BCUT2D eigenvalue weighted by Crippen LogP contribution is 2.44. The SMILES string of the molecule is Brc1ccc(Br)c(-c2cc(-c3ccccc3)nc3c2Cc2ccccc2-3)c1. The molecule has 130 valence electrons. The molecule has 0 unspecified atom stereocenters. The maximum absolute atomic E-state index is 5.08. The largest absolute Gasteiger partial charge is 0.247 e. The molecule has 27 heavy (non-hydrogen) atoms. The molecule has 1 heterocycles. The molecule has 0 N–H and O–H groups in total. The monoisotopic (exact) mass is 475 g/mol. The van der Waals surface area contributed by atoms with Crippen LogP contribution in [-0.2, 0) is 6.42 Å². The third-order valence-electron chi connectivity index (χ3n) is 5.05. The van der Waals surface area contributed by atoms with Crippen LogP contribution in [0.1, 0.15) is 11.1 Å². The Hall–Kier alpha value is -2.23. The second-order valence-corrected chi connectivity index (χ2v) is 8.48. The molecule has 3 aromatic carbocycles. The Kier molecular flexibility index (Phi) is 4.22. The van der Waals surface area contributed by atoms with Crippen LogP contribution >= 0.6 is 31.9 Å². The van der Waals surface area contributed by atoms with Crippen LogP contribution in [0.5, 0.6) is 0 Å². The molecule has 0 bridgehead atoms. The lowest BCUT2D eigenvalue weighted by atomic mass is 9.96. The van der Waals surface area contributed by atoms with Crippen LogP contribution < -0.4 is 0 Å². The Bertz CT molecular complexity index is 1170. The first-order valence-corrected chi connectivity index (χ1v) is 10.4. The number of hydrogen-bond acceptors (Lipinski definition) is 1. The Balaban J connectivity index is 1.82. The molecule has 0 saturated carbocycles. The summed E-state index contributed by atoms with van der Waals surface area (Å²) in [6.45, 7) is 0. The fourth-order valence-corrected chi connectivity index (χ4v) is 4.59. The Morgan fingerprint density at radius 3 is 2.33 bits per heavy atom. The fourth-order valence-electron chi connectivity index (χ4n) is 3.77. The average Bonchev–Trinajstić information content (AvgIpc) is 3.08. The molecular weight excluding hydrogens is 462 g/mol. The van der Waals surface area contributed by atoms with Gasteiger partial charge in [-0.05, 0) is 46.5 Å². The molecule has 1 nitrogen and oxygen atoms in total. The maximum Gasteiger partial charge on any atom is 0.0753 e. The van der Waals surface area contributed by atoms with E-state index in [0.717, 1.165) is 32.3 Å². The van der Waals surface area contributed by atoms with E-state index < -0.39 is 0 Å². The predicted octanol–water partition coefficient (Wildman–Crippen LogP) is 7.51. The fraction of sp³-hybridized carbons (Fsp3) is 0.0417. The highest BCUT2D eigenvalue weighted by atomic mass is 79.9. The van der Waals surface area contributed by atoms with E-state index in [2.05, 4.69) is 105 Å². The van der Waals surface area contributed by atoms with Gasteiger partial charge in [0.1, 0.15) is 0 Å². The highest BCUT2D eigenvalue weighted by molar-refractivity contribution is 9.11. The smallest absolute Gasteiger partial charge is 0.0753 e. The second kappa shape index (κ2) is 6.74. The van der Waals surface area contributed by atoms with E-state index in [9.17, 15) is 0 Å². The van der Waals surface area contributed by atoms with E-state index in [1.165, 1.54) is 27.8 Å². The Morgan fingerprint density at radius 1 is 0.704 bits per heavy atom. The van der Waals surface area contributed by atoms with Gasteiger partial charge in [0.05, 0.1) is 11.4 Å². The van der Waals surface area contributed by atoms with Crippen molar-refractivity contribution in [3.05, 3.63) is 98.9 Å². The van der Waals surface area contributed by atoms with E-state index in [1.807, 2.05) is 6.07 Å². The standard InChI is InChI=1S/C24H15Br2N/c25-17-10-11-22(26)20(13-17)19-14-23(15-6-2-1-3-7-15)27-24-18-9-5-4-8-16(18)12-21(19)24/h1-11,13-14H,12H2. The van der Waals surface area contributed by atoms with Crippen molar-refractivity contribution < 1.29 is 0 Å². The summed E-state index contributed by atoms with van der Waals surface area (Å²) in [5.74, 6) is 0. The minimum absolute atomic E-state index is 0.919. The van der Waals surface area contributed by atoms with Gasteiger partial charge in [-0.25, -0.2) is 4.98 Å². The van der Waals surface area contributed by atoms with E-state index in [-0.39, 0.29) is 0 Å². The van der Waals surface area contributed by atoms with Crippen LogP contribution in [0.2, 0.25) is 0 Å². The number of fused-ring (bicyclic) bond motifs is 3. The highest BCUT2D eigenvalue weighted by Gasteiger charge is 2.25. The number of hydrogen-bond donors (Lipinski definition) is 0. The van der Waals surface area contributed by atoms with Crippen LogP contribution in [0.3, 0.4) is 0 Å². The number of aromatic nitrogens is 1. The average molecular weight is 477 g/mol. The molecule has 3 heteroatoms. The third-order valence-corrected chi connectivity index (χ3v) is 6.24. The number of pyridine rings is 1. The molecule has 0 atom stereocenters. The maximum atomic E-state index is 5.08. The van der Waals surface area contributed by atoms with Gasteiger partial charge < -0.3 is 0 Å². The topological polar surface area (TPSA) is 12.9 Å². The van der Waals surface area contributed by atoms with Crippen molar-refractivity contribution >= 4 is 31.9 Å². The first-order valence-electron chi connectivity index (χ1n) is 8.84. The normalized spacial score (nSPS) is 11.9. The predicted molar refractivity (Wildman–Crippen MR) is 119 cm³/mol. The summed E-state index contributed by atoms with van der Waals surface area (Å²) < 4.78 is 2.16. The van der Waals surface area contributed by atoms with Crippen molar-refractivity contribution in [1.82, 2.24) is 4.98 Å². The zero-order chi connectivity index (χ0) is 18.4. The summed E-state index contributed by atoms with van der Waals surface area (Å²) in [5, 5.41) is 0. The Morgan fingerprint density at radius 2 is 1.48 bits per heavy atom. The van der Waals surface area contributed by atoms with Crippen molar-refractivity contribution in [1.29, 1.82) is 0 Å². The van der Waals surface area contributed by atoms with Crippen LogP contribution in [0.25, 0.3) is 33.6 Å². The van der Waals surface area contributed by atoms with E-state index in [4.69, 9.17) is 4.98 Å². The summed E-state index contributed by atoms with van der Waals surface area (Å²) in [5.41, 5.74) is 9.57. The lowest BCUT2D eigenvalue weighted by molar-refractivity contribution is 1.23. The lowest BCUT2D eigenvalue weighted by Gasteiger charge is -2.14. The molecule has 0 radical (unpaired) electrons. The molecule has 0 spiro atoms. The summed E-state index contributed by atoms with van der Waals surface area (Å²) >= 11 is 7.38. The van der Waals surface area contributed by atoms with Gasteiger partial charge in [-0.15, -0.1) is 0 Å². The summed E-state index contributed by atoms with van der Waals surface area (Å²) in [6.07, 6.45) is 0.919. The van der Waals surface area contributed by atoms with Gasteiger partial charge in [0, 0.05) is 26.5 Å². The summed E-state index contributed by atoms with van der Waals surface area (Å²) in [4.78, 5) is 5.08. The van der Waals surface area contributed by atoms with Gasteiger partial charge in [-0.3, -0.25) is 0 Å².